The summed E-state index contributed by atoms with van der Waals surface area (Å²) in [5.74, 6) is 0.837. The highest BCUT2D eigenvalue weighted by Gasteiger charge is 2.44. The maximum absolute atomic E-state index is 12.8. The van der Waals surface area contributed by atoms with Crippen LogP contribution in [0.3, 0.4) is 0 Å². The third-order valence-electron chi connectivity index (χ3n) is 10.4. The quantitative estimate of drug-likeness (QED) is 0.214. The SMILES string of the molecule is CC(C)(C)OC(=O)N1C[C@@H](CCC(Cc2ccc(Br)cn2)NS(=O)C(C)(C)C)CC1(C)C.CC(C)(C)OC(=O)N1C[C@@H](CCC(N)Cc2ccc(Br)cn2)CC1(C)C. The molecule has 11 nitrogen and oxygen atoms in total. The highest BCUT2D eigenvalue weighted by Crippen LogP contribution is 2.38. The van der Waals surface area contributed by atoms with Crippen LogP contribution in [0, 0.1) is 11.8 Å². The average Bonchev–Trinajstić information content (AvgIpc) is 3.56. The van der Waals surface area contributed by atoms with Gasteiger partial charge in [0.05, 0.1) is 15.7 Å². The lowest BCUT2D eigenvalue weighted by Crippen LogP contribution is -2.45. The molecule has 2 aliphatic heterocycles. The molecule has 2 saturated heterocycles. The number of carbonyl (C=O) groups excluding carboxylic acids is 2. The largest absolute Gasteiger partial charge is 0.444 e. The van der Waals surface area contributed by atoms with E-state index >= 15 is 0 Å². The summed E-state index contributed by atoms with van der Waals surface area (Å²) in [7, 11) is -1.16. The molecule has 4 heterocycles. The number of carbonyl (C=O) groups is 2. The van der Waals surface area contributed by atoms with Crippen molar-refractivity contribution in [3.05, 3.63) is 57.0 Å². The van der Waals surface area contributed by atoms with E-state index in [9.17, 15) is 13.8 Å². The van der Waals surface area contributed by atoms with Crippen molar-refractivity contribution < 1.29 is 23.3 Å². The molecule has 0 saturated carbocycles. The number of hydrogen-bond donors (Lipinski definition) is 2. The van der Waals surface area contributed by atoms with Gasteiger partial charge in [-0.1, -0.05) is 0 Å². The molecule has 2 amide bonds. The molecule has 2 aliphatic rings. The van der Waals surface area contributed by atoms with E-state index in [-0.39, 0.29) is 40.1 Å². The van der Waals surface area contributed by atoms with E-state index in [4.69, 9.17) is 15.2 Å². The maximum atomic E-state index is 12.8. The van der Waals surface area contributed by atoms with Crippen LogP contribution in [-0.4, -0.2) is 88.4 Å². The molecule has 0 aliphatic carbocycles. The molecular formula is C44H72Br2N6O5S. The number of hydrogen-bond acceptors (Lipinski definition) is 8. The summed E-state index contributed by atoms with van der Waals surface area (Å²) in [6, 6.07) is 8.12. The Bertz CT molecular complexity index is 1650. The molecule has 0 spiro atoms. The molecule has 0 bridgehead atoms. The number of ether oxygens (including phenoxy) is 2. The number of nitrogens with zero attached hydrogens (tertiary/aromatic N) is 4. The van der Waals surface area contributed by atoms with Gasteiger partial charge in [-0.15, -0.1) is 0 Å². The van der Waals surface area contributed by atoms with Gasteiger partial charge in [-0.25, -0.2) is 18.5 Å². The van der Waals surface area contributed by atoms with Gasteiger partial charge >= 0.3 is 12.2 Å². The summed E-state index contributed by atoms with van der Waals surface area (Å²) >= 11 is 6.83. The number of likely N-dealkylation sites (tertiary alicyclic amines) is 2. The molecule has 3 N–H and O–H groups in total. The first-order valence-electron chi connectivity index (χ1n) is 20.7. The minimum absolute atomic E-state index is 0.0439. The lowest BCUT2D eigenvalue weighted by Gasteiger charge is -2.33. The fourth-order valence-electron chi connectivity index (χ4n) is 7.53. The van der Waals surface area contributed by atoms with Gasteiger partial charge in [-0.2, -0.15) is 0 Å². The zero-order valence-electron chi connectivity index (χ0n) is 37.4. The van der Waals surface area contributed by atoms with E-state index in [0.29, 0.717) is 24.8 Å². The van der Waals surface area contributed by atoms with Crippen LogP contribution in [0.25, 0.3) is 0 Å². The predicted octanol–water partition coefficient (Wildman–Crippen LogP) is 10.2. The van der Waals surface area contributed by atoms with Crippen LogP contribution in [0.1, 0.15) is 140 Å². The average molecular weight is 957 g/mol. The van der Waals surface area contributed by atoms with Gasteiger partial charge < -0.3 is 25.0 Å². The molecule has 0 radical (unpaired) electrons. The monoisotopic (exact) mass is 954 g/mol. The normalized spacial score (nSPS) is 20.8. The van der Waals surface area contributed by atoms with Crippen LogP contribution in [0.15, 0.2) is 45.6 Å². The van der Waals surface area contributed by atoms with E-state index < -0.39 is 22.2 Å². The summed E-state index contributed by atoms with van der Waals surface area (Å²) in [5.41, 5.74) is 6.91. The van der Waals surface area contributed by atoms with E-state index in [1.54, 1.807) is 12.4 Å². The van der Waals surface area contributed by atoms with Gasteiger partial charge in [0.2, 0.25) is 0 Å². The summed E-state index contributed by atoms with van der Waals surface area (Å²) in [6.07, 6.45) is 10.3. The van der Waals surface area contributed by atoms with E-state index in [2.05, 4.69) is 74.2 Å². The first-order valence-corrected chi connectivity index (χ1v) is 23.4. The fourth-order valence-corrected chi connectivity index (χ4v) is 8.86. The minimum Gasteiger partial charge on any atom is -0.444 e. The minimum atomic E-state index is -1.16. The highest BCUT2D eigenvalue weighted by molar-refractivity contribution is 9.10. The molecule has 4 rings (SSSR count). The highest BCUT2D eigenvalue weighted by atomic mass is 79.9. The van der Waals surface area contributed by atoms with Crippen molar-refractivity contribution in [1.29, 1.82) is 0 Å². The fraction of sp³-hybridized carbons (Fsp3) is 0.727. The van der Waals surface area contributed by atoms with Gasteiger partial charge in [0.25, 0.3) is 0 Å². The van der Waals surface area contributed by atoms with Crippen LogP contribution in [0.5, 0.6) is 0 Å². The standard InChI is InChI=1S/C24H40BrN3O3S.C20H32BrN3O2/c1-22(2,3)31-21(29)28-16-17(14-24(28,7)8)9-11-20(27-32(30)23(4,5)6)13-19-12-10-18(25)15-26-19;1-19(2,3)26-18(25)24-13-14(11-20(24,4)5)6-8-16(22)10-17-9-7-15(21)12-23-17/h10,12,15,17,20,27H,9,11,13-14,16H2,1-8H3;7,9,12,14,16H,6,8,10-11,13,22H2,1-5H3/t17-,20?,32?;14-,16?/m00/s1. The Morgan fingerprint density at radius 3 is 1.57 bits per heavy atom. The predicted molar refractivity (Wildman–Crippen MR) is 243 cm³/mol. The van der Waals surface area contributed by atoms with Crippen LogP contribution >= 0.6 is 31.9 Å². The Morgan fingerprint density at radius 2 is 1.19 bits per heavy atom. The number of nitrogens with two attached hydrogens (primary N) is 1. The van der Waals surface area contributed by atoms with Crippen LogP contribution in [0.4, 0.5) is 9.59 Å². The number of halogens is 2. The summed E-state index contributed by atoms with van der Waals surface area (Å²) in [6.45, 7) is 27.2. The zero-order valence-corrected chi connectivity index (χ0v) is 41.4. The Balaban J connectivity index is 0.000000317. The lowest BCUT2D eigenvalue weighted by atomic mass is 9.91. The number of rotatable bonds is 12. The van der Waals surface area contributed by atoms with Crippen LogP contribution in [0.2, 0.25) is 0 Å². The topological polar surface area (TPSA) is 140 Å². The van der Waals surface area contributed by atoms with Crippen LogP contribution in [-0.2, 0) is 33.3 Å². The van der Waals surface area contributed by atoms with Crippen molar-refractivity contribution in [3.8, 4) is 0 Å². The van der Waals surface area contributed by atoms with E-state index in [0.717, 1.165) is 71.8 Å². The molecule has 0 aromatic carbocycles. The van der Waals surface area contributed by atoms with Crippen molar-refractivity contribution in [1.82, 2.24) is 24.5 Å². The molecule has 2 fully saturated rings. The second-order valence-electron chi connectivity index (χ2n) is 20.4. The molecule has 328 valence electrons. The van der Waals surface area contributed by atoms with Crippen molar-refractivity contribution in [2.24, 2.45) is 17.6 Å². The third-order valence-corrected chi connectivity index (χ3v) is 12.9. The first-order chi connectivity index (χ1) is 26.5. The molecule has 3 unspecified atom stereocenters. The van der Waals surface area contributed by atoms with Gasteiger partial charge in [-0.3, -0.25) is 9.97 Å². The number of nitrogens with one attached hydrogen (secondary N) is 1. The molecule has 5 atom stereocenters. The Kier molecular flexibility index (Phi) is 17.9. The zero-order chi connectivity index (χ0) is 43.9. The Labute approximate surface area is 369 Å². The number of amides is 2. The maximum Gasteiger partial charge on any atom is 0.410 e. The van der Waals surface area contributed by atoms with Crippen LogP contribution < -0.4 is 10.5 Å². The second-order valence-corrected chi connectivity index (χ2v) is 24.2. The molecule has 14 heteroatoms. The third kappa shape index (κ3) is 17.1. The second kappa shape index (κ2) is 20.6. The molecular weight excluding hydrogens is 884 g/mol. The Hall–Kier alpha value is -2.13. The van der Waals surface area contributed by atoms with Gasteiger partial charge in [-0.05, 0) is 196 Å². The summed E-state index contributed by atoms with van der Waals surface area (Å²) in [5, 5.41) is 0. The van der Waals surface area contributed by atoms with Gasteiger partial charge in [0, 0.05) is 81.8 Å². The Morgan fingerprint density at radius 1 is 0.776 bits per heavy atom. The molecule has 2 aromatic rings. The van der Waals surface area contributed by atoms with Crippen molar-refractivity contribution >= 4 is 55.0 Å². The molecule has 58 heavy (non-hydrogen) atoms. The van der Waals surface area contributed by atoms with Gasteiger partial charge in [0.1, 0.15) is 11.2 Å². The number of aromatic nitrogens is 2. The van der Waals surface area contributed by atoms with E-state index in [1.807, 2.05) is 96.4 Å². The summed E-state index contributed by atoms with van der Waals surface area (Å²) in [4.78, 5) is 37.9. The smallest absolute Gasteiger partial charge is 0.410 e. The van der Waals surface area contributed by atoms with Crippen molar-refractivity contribution in [2.45, 2.75) is 180 Å². The van der Waals surface area contributed by atoms with Gasteiger partial charge in [0.15, 0.2) is 0 Å². The molecule has 2 aromatic heterocycles. The van der Waals surface area contributed by atoms with Crippen molar-refractivity contribution in [3.63, 3.8) is 0 Å². The van der Waals surface area contributed by atoms with Crippen molar-refractivity contribution in [2.75, 3.05) is 13.1 Å². The lowest BCUT2D eigenvalue weighted by molar-refractivity contribution is 0.0118. The number of pyridine rings is 2. The van der Waals surface area contributed by atoms with E-state index in [1.165, 1.54) is 0 Å². The first kappa shape index (κ1) is 50.2. The summed E-state index contributed by atoms with van der Waals surface area (Å²) < 4.78 is 28.9.